The summed E-state index contributed by atoms with van der Waals surface area (Å²) in [6, 6.07) is 51.1. The second-order valence-electron chi connectivity index (χ2n) is 14.8. The first-order valence-electron chi connectivity index (χ1n) is 18.1. The third kappa shape index (κ3) is 3.88. The zero-order valence-corrected chi connectivity index (χ0v) is 30.3. The van der Waals surface area contributed by atoms with Crippen LogP contribution in [0.3, 0.4) is 0 Å². The summed E-state index contributed by atoms with van der Waals surface area (Å²) < 4.78 is 7.50. The first kappa shape index (κ1) is 29.7. The molecule has 0 radical (unpaired) electrons. The second kappa shape index (κ2) is 10.5. The van der Waals surface area contributed by atoms with Gasteiger partial charge in [0.25, 0.3) is 0 Å². The minimum Gasteiger partial charge on any atom is -0.307 e. The molecule has 0 unspecified atom stereocenters. The maximum Gasteiger partial charge on any atom is 0.145 e. The van der Waals surface area contributed by atoms with E-state index in [4.69, 9.17) is 4.98 Å². The van der Waals surface area contributed by atoms with Crippen molar-refractivity contribution in [2.24, 2.45) is 0 Å². The van der Waals surface area contributed by atoms with E-state index in [1.165, 1.54) is 75.0 Å². The summed E-state index contributed by atoms with van der Waals surface area (Å²) in [7, 11) is 0. The minimum absolute atomic E-state index is 0.0339. The maximum absolute atomic E-state index is 5.11. The van der Waals surface area contributed by atoms with E-state index in [9.17, 15) is 0 Å². The van der Waals surface area contributed by atoms with Gasteiger partial charge in [-0.3, -0.25) is 4.57 Å². The van der Waals surface area contributed by atoms with Crippen LogP contribution in [0.15, 0.2) is 145 Å². The molecule has 1 aliphatic rings. The normalized spacial score (nSPS) is 14.2. The van der Waals surface area contributed by atoms with Gasteiger partial charge in [-0.15, -0.1) is 11.3 Å². The van der Waals surface area contributed by atoms with Gasteiger partial charge in [-0.25, -0.2) is 4.98 Å². The average molecular weight is 686 g/mol. The number of benzene rings is 7. The summed E-state index contributed by atoms with van der Waals surface area (Å²) >= 11 is 1.90. The molecule has 0 bridgehead atoms. The van der Waals surface area contributed by atoms with Crippen LogP contribution < -0.4 is 0 Å². The highest BCUT2D eigenvalue weighted by molar-refractivity contribution is 7.26. The van der Waals surface area contributed by atoms with Crippen molar-refractivity contribution < 1.29 is 0 Å². The first-order chi connectivity index (χ1) is 25.4. The summed E-state index contributed by atoms with van der Waals surface area (Å²) in [4.78, 5) is 5.11. The lowest BCUT2D eigenvalue weighted by Gasteiger charge is -2.24. The van der Waals surface area contributed by atoms with Gasteiger partial charge < -0.3 is 4.57 Å². The van der Waals surface area contributed by atoms with Gasteiger partial charge in [0.05, 0.1) is 26.8 Å². The Hall–Kier alpha value is -5.97. The fourth-order valence-corrected chi connectivity index (χ4v) is 10.3. The molecule has 4 heteroatoms. The van der Waals surface area contributed by atoms with Crippen LogP contribution in [0.2, 0.25) is 0 Å². The fraction of sp³-hybridized carbons (Fsp3) is 0.104. The molecule has 7 aromatic carbocycles. The Morgan fingerprint density at radius 2 is 1.15 bits per heavy atom. The minimum atomic E-state index is -0.0339. The van der Waals surface area contributed by atoms with Gasteiger partial charge in [-0.1, -0.05) is 116 Å². The molecule has 248 valence electrons. The predicted octanol–water partition coefficient (Wildman–Crippen LogP) is 13.4. The highest BCUT2D eigenvalue weighted by atomic mass is 32.1. The molecule has 10 aromatic rings. The van der Waals surface area contributed by atoms with Crippen LogP contribution in [-0.4, -0.2) is 14.1 Å². The van der Waals surface area contributed by atoms with E-state index in [-0.39, 0.29) is 5.41 Å². The quantitative estimate of drug-likeness (QED) is 0.181. The molecule has 0 fully saturated rings. The van der Waals surface area contributed by atoms with Crippen LogP contribution in [0.1, 0.15) is 38.8 Å². The number of para-hydroxylation sites is 2. The van der Waals surface area contributed by atoms with Crippen molar-refractivity contribution in [3.63, 3.8) is 0 Å². The molecule has 0 aliphatic heterocycles. The van der Waals surface area contributed by atoms with Gasteiger partial charge in [0.1, 0.15) is 5.82 Å². The third-order valence-corrected chi connectivity index (χ3v) is 13.1. The van der Waals surface area contributed by atoms with Crippen LogP contribution >= 0.6 is 11.3 Å². The Morgan fingerprint density at radius 3 is 1.96 bits per heavy atom. The summed E-state index contributed by atoms with van der Waals surface area (Å²) in [5, 5.41) is 7.85. The maximum atomic E-state index is 5.11. The van der Waals surface area contributed by atoms with Crippen molar-refractivity contribution >= 4 is 80.7 Å². The molecule has 1 aliphatic carbocycles. The van der Waals surface area contributed by atoms with Gasteiger partial charge in [0.15, 0.2) is 0 Å². The number of allylic oxidation sites excluding steroid dienone is 2. The molecular formula is C48H35N3S. The highest BCUT2D eigenvalue weighted by Crippen LogP contribution is 2.51. The Balaban J connectivity index is 1.22. The van der Waals surface area contributed by atoms with Crippen molar-refractivity contribution in [3.05, 3.63) is 156 Å². The number of hydrogen-bond acceptors (Lipinski definition) is 2. The molecular weight excluding hydrogens is 651 g/mol. The topological polar surface area (TPSA) is 22.8 Å². The number of imidazole rings is 1. The van der Waals surface area contributed by atoms with Crippen LogP contribution in [0, 0.1) is 0 Å². The Morgan fingerprint density at radius 1 is 0.538 bits per heavy atom. The van der Waals surface area contributed by atoms with Crippen molar-refractivity contribution in [2.75, 3.05) is 0 Å². The van der Waals surface area contributed by atoms with Gasteiger partial charge in [-0.05, 0) is 78.4 Å². The van der Waals surface area contributed by atoms with Crippen molar-refractivity contribution in [3.8, 4) is 22.8 Å². The average Bonchev–Trinajstić information content (AvgIpc) is 3.90. The number of hydrogen-bond donors (Lipinski definition) is 0. The highest BCUT2D eigenvalue weighted by Gasteiger charge is 2.35. The fourth-order valence-electron chi connectivity index (χ4n) is 9.10. The van der Waals surface area contributed by atoms with E-state index in [2.05, 4.69) is 176 Å². The van der Waals surface area contributed by atoms with Crippen molar-refractivity contribution in [1.29, 1.82) is 0 Å². The van der Waals surface area contributed by atoms with E-state index in [0.29, 0.717) is 0 Å². The molecule has 52 heavy (non-hydrogen) atoms. The summed E-state index contributed by atoms with van der Waals surface area (Å²) in [5.74, 6) is 0.944. The predicted molar refractivity (Wildman–Crippen MR) is 223 cm³/mol. The molecule has 0 atom stereocenters. The largest absolute Gasteiger partial charge is 0.307 e. The number of thiophene rings is 1. The van der Waals surface area contributed by atoms with E-state index in [1.54, 1.807) is 0 Å². The van der Waals surface area contributed by atoms with Gasteiger partial charge in [0.2, 0.25) is 0 Å². The van der Waals surface area contributed by atoms with E-state index in [0.717, 1.165) is 33.8 Å². The summed E-state index contributed by atoms with van der Waals surface area (Å²) in [6.07, 6.45) is 0. The molecule has 0 saturated heterocycles. The van der Waals surface area contributed by atoms with E-state index in [1.807, 2.05) is 11.3 Å². The number of fused-ring (bicyclic) bond motifs is 12. The molecule has 0 N–H and O–H groups in total. The zero-order chi connectivity index (χ0) is 34.9. The van der Waals surface area contributed by atoms with Gasteiger partial charge >= 0.3 is 0 Å². The van der Waals surface area contributed by atoms with Gasteiger partial charge in [0, 0.05) is 54.0 Å². The second-order valence-corrected chi connectivity index (χ2v) is 15.9. The number of rotatable bonds is 3. The van der Waals surface area contributed by atoms with Crippen LogP contribution in [0.25, 0.3) is 92.1 Å². The van der Waals surface area contributed by atoms with Crippen molar-refractivity contribution in [2.45, 2.75) is 33.1 Å². The Labute approximate surface area is 305 Å². The lowest BCUT2D eigenvalue weighted by molar-refractivity contribution is 0.644. The number of nitrogens with zero attached hydrogens (tertiary/aromatic N) is 3. The van der Waals surface area contributed by atoms with Gasteiger partial charge in [-0.2, -0.15) is 0 Å². The summed E-state index contributed by atoms with van der Waals surface area (Å²) in [6.45, 7) is 9.37. The third-order valence-electron chi connectivity index (χ3n) is 11.9. The van der Waals surface area contributed by atoms with Crippen LogP contribution in [0.4, 0.5) is 0 Å². The molecule has 3 heterocycles. The molecule has 0 saturated carbocycles. The Kier molecular flexibility index (Phi) is 6.02. The SMILES string of the molecule is CC1=C(C)C(C)(C)c2c1ccc1c2ccc2c3ccc4c5ccccc5sc4c3n(-c3ccc(-n4c(-c5ccccc5)nc5ccccc54)cc3)c12. The molecule has 0 amide bonds. The van der Waals surface area contributed by atoms with Crippen molar-refractivity contribution in [1.82, 2.24) is 14.1 Å². The zero-order valence-electron chi connectivity index (χ0n) is 29.5. The lowest BCUT2D eigenvalue weighted by Crippen LogP contribution is -2.16. The van der Waals surface area contributed by atoms with Crippen LogP contribution in [0.5, 0.6) is 0 Å². The standard InChI is InChI=1S/C48H35N3S/c1-28-29(2)48(3,4)43-33(28)22-24-36-35(43)23-25-37-38-26-27-39-34-14-8-11-17-42(34)52-46(39)45(38)51(44(36)37)32-20-18-31(19-21-32)50-41-16-10-9-15-40(41)49-47(50)30-12-6-5-7-13-30/h5-27H,1-4H3. The first-order valence-corrected chi connectivity index (χ1v) is 18.9. The summed E-state index contributed by atoms with van der Waals surface area (Å²) in [5.41, 5.74) is 13.6. The monoisotopic (exact) mass is 685 g/mol. The smallest absolute Gasteiger partial charge is 0.145 e. The molecule has 3 nitrogen and oxygen atoms in total. The lowest BCUT2D eigenvalue weighted by atomic mass is 9.79. The molecule has 3 aromatic heterocycles. The Bertz CT molecular complexity index is 3150. The van der Waals surface area contributed by atoms with E-state index < -0.39 is 0 Å². The van der Waals surface area contributed by atoms with Crippen LogP contribution in [-0.2, 0) is 5.41 Å². The van der Waals surface area contributed by atoms with E-state index >= 15 is 0 Å². The molecule has 0 spiro atoms. The number of aromatic nitrogens is 3. The molecule has 11 rings (SSSR count).